The number of esters is 1. The van der Waals surface area contributed by atoms with E-state index in [2.05, 4.69) is 6.92 Å². The molecule has 0 fully saturated rings. The van der Waals surface area contributed by atoms with Crippen molar-refractivity contribution >= 4 is 11.8 Å². The number of benzene rings is 1. The van der Waals surface area contributed by atoms with Crippen molar-refractivity contribution in [2.45, 2.75) is 71.1 Å². The Morgan fingerprint density at radius 2 is 0.680 bits per heavy atom. The Balaban J connectivity index is 1.65. The molecule has 0 heterocycles. The van der Waals surface area contributed by atoms with Crippen LogP contribution >= 0.6 is 0 Å². The lowest BCUT2D eigenvalue weighted by atomic mass is 10.1. The van der Waals surface area contributed by atoms with E-state index >= 15 is 0 Å². The van der Waals surface area contributed by atoms with Gasteiger partial charge in [-0.1, -0.05) is 95.0 Å². The molecule has 0 aliphatic heterocycles. The summed E-state index contributed by atoms with van der Waals surface area (Å²) in [6.07, 6.45) is 13.4. The van der Waals surface area contributed by atoms with Crippen LogP contribution in [0, 0.1) is 0 Å². The van der Waals surface area contributed by atoms with E-state index in [4.69, 9.17) is 47.4 Å². The van der Waals surface area contributed by atoms with Crippen molar-refractivity contribution in [3.63, 3.8) is 0 Å². The van der Waals surface area contributed by atoms with Crippen LogP contribution in [-0.4, -0.2) is 137 Å². The number of Topliss-reactive ketones (excluding diaryl/α,β-unsaturated/α-hetero) is 1. The van der Waals surface area contributed by atoms with E-state index in [1.54, 1.807) is 30.3 Å². The number of carbonyl (C=O) groups is 2. The van der Waals surface area contributed by atoms with Crippen molar-refractivity contribution in [3.05, 3.63) is 35.9 Å². The molecule has 0 atom stereocenters. The molecule has 0 saturated carbocycles. The number of ether oxygens (including phenoxy) is 10. The molecule has 0 amide bonds. The van der Waals surface area contributed by atoms with E-state index in [0.717, 1.165) is 13.0 Å². The predicted octanol–water partition coefficient (Wildman–Crippen LogP) is 5.48. The van der Waals surface area contributed by atoms with Crippen LogP contribution in [0.1, 0.15) is 81.5 Å². The molecule has 12 nitrogen and oxygen atoms in total. The Morgan fingerprint density at radius 1 is 0.380 bits per heavy atom. The van der Waals surface area contributed by atoms with Crippen LogP contribution in [0.5, 0.6) is 0 Å². The van der Waals surface area contributed by atoms with E-state index in [1.807, 2.05) is 0 Å². The Kier molecular flexibility index (Phi) is 35.2. The third-order valence-electron chi connectivity index (χ3n) is 7.30. The summed E-state index contributed by atoms with van der Waals surface area (Å²) in [6, 6.07) is 8.28. The van der Waals surface area contributed by atoms with Crippen LogP contribution in [-0.2, 0) is 52.2 Å². The van der Waals surface area contributed by atoms with Crippen molar-refractivity contribution in [2.24, 2.45) is 0 Å². The lowest BCUT2D eigenvalue weighted by Gasteiger charge is -2.09. The Bertz CT molecular complexity index is 857. The monoisotopic (exact) mass is 714 g/mol. The second-order valence-corrected chi connectivity index (χ2v) is 11.5. The molecule has 0 aliphatic carbocycles. The summed E-state index contributed by atoms with van der Waals surface area (Å²) in [5.41, 5.74) is 0.299. The maximum atomic E-state index is 11.9. The van der Waals surface area contributed by atoms with Gasteiger partial charge in [0.1, 0.15) is 6.61 Å². The van der Waals surface area contributed by atoms with Crippen LogP contribution in [0.3, 0.4) is 0 Å². The molecule has 0 spiro atoms. The van der Waals surface area contributed by atoms with Gasteiger partial charge in [0.2, 0.25) is 0 Å². The van der Waals surface area contributed by atoms with E-state index in [9.17, 15) is 9.59 Å². The quantitative estimate of drug-likeness (QED) is 0.0370. The van der Waals surface area contributed by atoms with Gasteiger partial charge in [-0.25, -0.2) is 4.79 Å². The van der Waals surface area contributed by atoms with E-state index in [0.29, 0.717) is 111 Å². The lowest BCUT2D eigenvalue weighted by Crippen LogP contribution is -2.20. The summed E-state index contributed by atoms with van der Waals surface area (Å²) in [4.78, 5) is 23.6. The average Bonchev–Trinajstić information content (AvgIpc) is 3.14. The molecule has 0 unspecified atom stereocenters. The van der Waals surface area contributed by atoms with Crippen molar-refractivity contribution < 1.29 is 57.0 Å². The lowest BCUT2D eigenvalue weighted by molar-refractivity contribution is -0.139. The standard InChI is InChI=1S/C38H66O12/c1-2-3-4-5-6-7-8-9-10-14-17-41-18-19-42-20-21-43-22-23-44-24-25-45-26-27-46-28-29-47-30-31-48-32-33-49-34-35-50-38(40)37(39)36-15-12-11-13-16-36/h11-13,15-16H,2-10,14,17-35H2,1H3. The van der Waals surface area contributed by atoms with Gasteiger partial charge in [-0.15, -0.1) is 0 Å². The van der Waals surface area contributed by atoms with Crippen LogP contribution < -0.4 is 0 Å². The number of carbonyl (C=O) groups excluding carboxylic acids is 2. The maximum Gasteiger partial charge on any atom is 0.379 e. The van der Waals surface area contributed by atoms with Gasteiger partial charge in [0.05, 0.1) is 112 Å². The molecule has 0 aliphatic rings. The first-order chi connectivity index (χ1) is 24.8. The van der Waals surface area contributed by atoms with Gasteiger partial charge in [0.25, 0.3) is 5.78 Å². The van der Waals surface area contributed by atoms with Crippen LogP contribution in [0.15, 0.2) is 30.3 Å². The highest BCUT2D eigenvalue weighted by Gasteiger charge is 2.17. The first-order valence-electron chi connectivity index (χ1n) is 18.7. The highest BCUT2D eigenvalue weighted by molar-refractivity contribution is 6.40. The van der Waals surface area contributed by atoms with Gasteiger partial charge in [-0.2, -0.15) is 0 Å². The van der Waals surface area contributed by atoms with Gasteiger partial charge in [-0.05, 0) is 6.42 Å². The molecule has 1 aromatic rings. The summed E-state index contributed by atoms with van der Waals surface area (Å²) in [7, 11) is 0. The maximum absolute atomic E-state index is 11.9. The third kappa shape index (κ3) is 31.9. The van der Waals surface area contributed by atoms with E-state index < -0.39 is 11.8 Å². The van der Waals surface area contributed by atoms with Crippen molar-refractivity contribution in [1.29, 1.82) is 0 Å². The summed E-state index contributed by atoms with van der Waals surface area (Å²) >= 11 is 0. The summed E-state index contributed by atoms with van der Waals surface area (Å²) < 4.78 is 54.3. The normalized spacial score (nSPS) is 11.3. The highest BCUT2D eigenvalue weighted by atomic mass is 16.6. The molecular formula is C38H66O12. The Morgan fingerprint density at radius 3 is 1.04 bits per heavy atom. The number of rotatable bonds is 40. The molecule has 1 rings (SSSR count). The fourth-order valence-corrected chi connectivity index (χ4v) is 4.52. The molecule has 0 radical (unpaired) electrons. The number of ketones is 1. The smallest absolute Gasteiger partial charge is 0.379 e. The molecule has 0 N–H and O–H groups in total. The fourth-order valence-electron chi connectivity index (χ4n) is 4.52. The SMILES string of the molecule is CCCCCCCCCCCCOCCOCCOCCOCCOCCOCCOCCOCCOCCOC(=O)C(=O)c1ccccc1. The average molecular weight is 715 g/mol. The second kappa shape index (κ2) is 38.2. The first kappa shape index (κ1) is 46.0. The van der Waals surface area contributed by atoms with Gasteiger partial charge in [0, 0.05) is 12.2 Å². The molecule has 1 aromatic carbocycles. The minimum Gasteiger partial charge on any atom is -0.457 e. The molecule has 0 aromatic heterocycles. The van der Waals surface area contributed by atoms with Gasteiger partial charge in [-0.3, -0.25) is 4.79 Å². The molecule has 0 bridgehead atoms. The second-order valence-electron chi connectivity index (χ2n) is 11.5. The van der Waals surface area contributed by atoms with Crippen LogP contribution in [0.25, 0.3) is 0 Å². The van der Waals surface area contributed by atoms with Crippen LogP contribution in [0.4, 0.5) is 0 Å². The minimum absolute atomic E-state index is 0.00215. The fraction of sp³-hybridized carbons (Fsp3) is 0.789. The van der Waals surface area contributed by atoms with Crippen molar-refractivity contribution in [2.75, 3.05) is 126 Å². The van der Waals surface area contributed by atoms with Gasteiger partial charge < -0.3 is 47.4 Å². The number of hydrogen-bond acceptors (Lipinski definition) is 12. The molecule has 12 heteroatoms. The Hall–Kier alpha value is -2.00. The van der Waals surface area contributed by atoms with Crippen molar-refractivity contribution in [3.8, 4) is 0 Å². The number of hydrogen-bond donors (Lipinski definition) is 0. The zero-order valence-corrected chi connectivity index (χ0v) is 30.8. The summed E-state index contributed by atoms with van der Waals surface area (Å²) in [5, 5.41) is 0. The van der Waals surface area contributed by atoms with Gasteiger partial charge >= 0.3 is 5.97 Å². The minimum atomic E-state index is -0.893. The summed E-state index contributed by atoms with van der Waals surface area (Å²) in [6.45, 7) is 11.2. The molecule has 290 valence electrons. The Labute approximate surface area is 301 Å². The largest absolute Gasteiger partial charge is 0.457 e. The zero-order valence-electron chi connectivity index (χ0n) is 30.8. The van der Waals surface area contributed by atoms with E-state index in [-0.39, 0.29) is 13.2 Å². The van der Waals surface area contributed by atoms with Crippen molar-refractivity contribution in [1.82, 2.24) is 0 Å². The molecule has 0 saturated heterocycles. The highest BCUT2D eigenvalue weighted by Crippen LogP contribution is 2.10. The number of unbranched alkanes of at least 4 members (excludes halogenated alkanes) is 9. The summed E-state index contributed by atoms with van der Waals surface area (Å²) in [5.74, 6) is -1.56. The topological polar surface area (TPSA) is 126 Å². The molecular weight excluding hydrogens is 648 g/mol. The first-order valence-corrected chi connectivity index (χ1v) is 18.7. The van der Waals surface area contributed by atoms with E-state index in [1.165, 1.54) is 57.8 Å². The third-order valence-corrected chi connectivity index (χ3v) is 7.30. The predicted molar refractivity (Wildman–Crippen MR) is 191 cm³/mol. The zero-order chi connectivity index (χ0) is 35.8. The van der Waals surface area contributed by atoms with Crippen LogP contribution in [0.2, 0.25) is 0 Å². The molecule has 50 heavy (non-hydrogen) atoms. The van der Waals surface area contributed by atoms with Gasteiger partial charge in [0.15, 0.2) is 0 Å².